The smallest absolute Gasteiger partial charge is 0.349 e. The van der Waals surface area contributed by atoms with Gasteiger partial charge in [0.25, 0.3) is 0 Å². The van der Waals surface area contributed by atoms with Crippen LogP contribution in [0.25, 0.3) is 0 Å². The highest BCUT2D eigenvalue weighted by Gasteiger charge is 2.40. The van der Waals surface area contributed by atoms with Crippen LogP contribution in [0.2, 0.25) is 0 Å². The molecular formula is C18H15ClO8. The minimum atomic E-state index is -2.21. The van der Waals surface area contributed by atoms with Crippen molar-refractivity contribution in [1.29, 1.82) is 0 Å². The average molecular weight is 395 g/mol. The number of hydrogen-bond donors (Lipinski definition) is 2. The lowest BCUT2D eigenvalue weighted by Crippen LogP contribution is -2.45. The Labute approximate surface area is 159 Å². The third-order valence-electron chi connectivity index (χ3n) is 3.25. The summed E-state index contributed by atoms with van der Waals surface area (Å²) in [5, 5.41) is 18.5. The van der Waals surface area contributed by atoms with Crippen LogP contribution in [0.15, 0.2) is 60.7 Å². The molecule has 0 aliphatic carbocycles. The zero-order valence-electron chi connectivity index (χ0n) is 13.7. The fraction of sp³-hybridized carbons (Fsp3) is 0.111. The molecule has 0 saturated heterocycles. The summed E-state index contributed by atoms with van der Waals surface area (Å²) in [6.45, 7) is 0. The van der Waals surface area contributed by atoms with E-state index >= 15 is 0 Å². The van der Waals surface area contributed by atoms with Gasteiger partial charge in [0.05, 0.1) is 11.1 Å². The highest BCUT2D eigenvalue weighted by atomic mass is 35.5. The van der Waals surface area contributed by atoms with E-state index in [1.54, 1.807) is 12.1 Å². The number of hydrogen-bond acceptors (Lipinski definition) is 6. The van der Waals surface area contributed by atoms with Gasteiger partial charge in [-0.2, -0.15) is 0 Å². The summed E-state index contributed by atoms with van der Waals surface area (Å²) in [7, 11) is 0. The molecule has 2 aromatic rings. The first-order valence-corrected chi connectivity index (χ1v) is 7.38. The third kappa shape index (κ3) is 5.82. The predicted octanol–water partition coefficient (Wildman–Crippen LogP) is 2.03. The van der Waals surface area contributed by atoms with Crippen LogP contribution < -0.4 is 0 Å². The minimum Gasteiger partial charge on any atom is -0.478 e. The Kier molecular flexibility index (Phi) is 7.96. The van der Waals surface area contributed by atoms with E-state index in [2.05, 4.69) is 0 Å². The van der Waals surface area contributed by atoms with Crippen LogP contribution in [0, 0.1) is 0 Å². The Bertz CT molecular complexity index is 737. The molecule has 0 aliphatic heterocycles. The van der Waals surface area contributed by atoms with Gasteiger partial charge in [-0.1, -0.05) is 36.4 Å². The first-order valence-electron chi connectivity index (χ1n) is 7.38. The lowest BCUT2D eigenvalue weighted by Gasteiger charge is -2.21. The summed E-state index contributed by atoms with van der Waals surface area (Å²) in [5.41, 5.74) is 0.0505. The molecule has 8 nitrogen and oxygen atoms in total. The van der Waals surface area contributed by atoms with Crippen molar-refractivity contribution >= 4 is 36.3 Å². The molecule has 0 fully saturated rings. The van der Waals surface area contributed by atoms with Crippen molar-refractivity contribution in [2.24, 2.45) is 0 Å². The van der Waals surface area contributed by atoms with Gasteiger partial charge in [0, 0.05) is 0 Å². The van der Waals surface area contributed by atoms with E-state index in [-0.39, 0.29) is 23.5 Å². The van der Waals surface area contributed by atoms with E-state index in [0.29, 0.717) is 0 Å². The topological polar surface area (TPSA) is 127 Å². The molecule has 0 amide bonds. The number of carbonyl (C=O) groups excluding carboxylic acids is 2. The molecule has 2 rings (SSSR count). The Morgan fingerprint density at radius 1 is 0.630 bits per heavy atom. The average Bonchev–Trinajstić information content (AvgIpc) is 2.65. The number of carboxylic acid groups (broad SMARTS) is 2. The van der Waals surface area contributed by atoms with E-state index in [4.69, 9.17) is 9.47 Å². The maximum absolute atomic E-state index is 12.0. The highest BCUT2D eigenvalue weighted by Crippen LogP contribution is 2.13. The normalized spacial score (nSPS) is 12.0. The van der Waals surface area contributed by atoms with Crippen molar-refractivity contribution in [1.82, 2.24) is 0 Å². The maximum Gasteiger partial charge on any atom is 0.349 e. The molecule has 0 aliphatic rings. The lowest BCUT2D eigenvalue weighted by molar-refractivity contribution is -0.166. The number of halogens is 1. The van der Waals surface area contributed by atoms with Crippen LogP contribution in [-0.4, -0.2) is 46.3 Å². The minimum absolute atomic E-state index is 0. The van der Waals surface area contributed by atoms with E-state index in [1.165, 1.54) is 48.5 Å². The summed E-state index contributed by atoms with van der Waals surface area (Å²) < 4.78 is 9.52. The first-order chi connectivity index (χ1) is 12.4. The maximum atomic E-state index is 12.0. The summed E-state index contributed by atoms with van der Waals surface area (Å²) >= 11 is 0. The molecule has 142 valence electrons. The number of carboxylic acids is 2. The predicted molar refractivity (Wildman–Crippen MR) is 93.8 cm³/mol. The van der Waals surface area contributed by atoms with E-state index < -0.39 is 36.1 Å². The van der Waals surface area contributed by atoms with Crippen molar-refractivity contribution in [2.45, 2.75) is 12.2 Å². The molecule has 9 heteroatoms. The van der Waals surface area contributed by atoms with Gasteiger partial charge in [0.15, 0.2) is 0 Å². The van der Waals surface area contributed by atoms with Crippen molar-refractivity contribution < 1.29 is 38.9 Å². The second-order valence-electron chi connectivity index (χ2n) is 5.06. The largest absolute Gasteiger partial charge is 0.478 e. The molecule has 0 aromatic heterocycles. The summed E-state index contributed by atoms with van der Waals surface area (Å²) in [4.78, 5) is 46.8. The van der Waals surface area contributed by atoms with Gasteiger partial charge in [-0.05, 0) is 24.3 Å². The number of benzene rings is 2. The first kappa shape index (κ1) is 21.7. The van der Waals surface area contributed by atoms with Crippen molar-refractivity contribution in [2.75, 3.05) is 0 Å². The van der Waals surface area contributed by atoms with E-state index in [9.17, 15) is 29.4 Å². The van der Waals surface area contributed by atoms with E-state index in [1.807, 2.05) is 0 Å². The standard InChI is InChI=1S/C18H14O8.ClH/c19-15(20)13(25-17(23)11-7-3-1-4-8-11)14(16(21)22)26-18(24)12-9-5-2-6-10-12;/h1-10,13-14H,(H,19,20)(H,21,22);1H/t13-,14-;/m1./s1. The number of esters is 2. The van der Waals surface area contributed by atoms with Crippen LogP contribution >= 0.6 is 12.4 Å². The molecule has 2 N–H and O–H groups in total. The molecular weight excluding hydrogens is 380 g/mol. The molecule has 0 bridgehead atoms. The fourth-order valence-corrected chi connectivity index (χ4v) is 2.00. The van der Waals surface area contributed by atoms with Crippen LogP contribution in [0.5, 0.6) is 0 Å². The fourth-order valence-electron chi connectivity index (χ4n) is 2.00. The number of aliphatic carboxylic acids is 2. The van der Waals surface area contributed by atoms with Gasteiger partial charge >= 0.3 is 23.9 Å². The van der Waals surface area contributed by atoms with Crippen molar-refractivity contribution in [3.8, 4) is 0 Å². The molecule has 27 heavy (non-hydrogen) atoms. The van der Waals surface area contributed by atoms with Crippen LogP contribution in [0.4, 0.5) is 0 Å². The molecule has 0 saturated carbocycles. The summed E-state index contributed by atoms with van der Waals surface area (Å²) in [6.07, 6.45) is -4.43. The van der Waals surface area contributed by atoms with E-state index in [0.717, 1.165) is 0 Å². The Morgan fingerprint density at radius 3 is 1.19 bits per heavy atom. The van der Waals surface area contributed by atoms with Crippen LogP contribution in [-0.2, 0) is 19.1 Å². The highest BCUT2D eigenvalue weighted by molar-refractivity contribution is 5.95. The van der Waals surface area contributed by atoms with Gasteiger partial charge in [-0.25, -0.2) is 19.2 Å². The number of rotatable bonds is 7. The second-order valence-corrected chi connectivity index (χ2v) is 5.06. The molecule has 2 aromatic carbocycles. The molecule has 0 radical (unpaired) electrons. The molecule has 0 unspecified atom stereocenters. The zero-order valence-corrected chi connectivity index (χ0v) is 14.5. The van der Waals surface area contributed by atoms with Gasteiger partial charge in [0.2, 0.25) is 12.2 Å². The van der Waals surface area contributed by atoms with Crippen LogP contribution in [0.1, 0.15) is 20.7 Å². The lowest BCUT2D eigenvalue weighted by atomic mass is 10.1. The Hall–Kier alpha value is -3.39. The summed E-state index contributed by atoms with van der Waals surface area (Å²) in [6, 6.07) is 14.8. The summed E-state index contributed by atoms with van der Waals surface area (Å²) in [5.74, 6) is -5.63. The number of ether oxygens (including phenoxy) is 2. The van der Waals surface area contributed by atoms with Gasteiger partial charge in [-0.3, -0.25) is 0 Å². The quantitative estimate of drug-likeness (QED) is 0.683. The zero-order chi connectivity index (χ0) is 19.1. The van der Waals surface area contributed by atoms with Crippen molar-refractivity contribution in [3.05, 3.63) is 71.8 Å². The monoisotopic (exact) mass is 394 g/mol. The van der Waals surface area contributed by atoms with Gasteiger partial charge < -0.3 is 19.7 Å². The van der Waals surface area contributed by atoms with Gasteiger partial charge in [0.1, 0.15) is 0 Å². The molecule has 0 heterocycles. The SMILES string of the molecule is Cl.O=C(O[C@@H](C(=O)O)[C@@H](OC(=O)c1ccccc1)C(=O)O)c1ccccc1. The number of carbonyl (C=O) groups is 4. The molecule has 2 atom stereocenters. The Balaban J connectivity index is 0.00000364. The van der Waals surface area contributed by atoms with Crippen molar-refractivity contribution in [3.63, 3.8) is 0 Å². The third-order valence-corrected chi connectivity index (χ3v) is 3.25. The second kappa shape index (κ2) is 9.93. The van der Waals surface area contributed by atoms with Crippen LogP contribution in [0.3, 0.4) is 0 Å². The Morgan fingerprint density at radius 2 is 0.926 bits per heavy atom. The van der Waals surface area contributed by atoms with Gasteiger partial charge in [-0.15, -0.1) is 12.4 Å². The molecule has 0 spiro atoms.